The van der Waals surface area contributed by atoms with Crippen LogP contribution in [-0.4, -0.2) is 42.9 Å². The van der Waals surface area contributed by atoms with Crippen LogP contribution in [0.4, 0.5) is 0 Å². The molecular weight excluding hydrogens is 652 g/mol. The largest absolute Gasteiger partial charge is 0.289 e. The molecule has 2 aliphatic heterocycles. The molecule has 8 atom stereocenters. The first-order chi connectivity index (χ1) is 14.1. The van der Waals surface area contributed by atoms with Crippen LogP contribution in [0.3, 0.4) is 0 Å². The highest BCUT2D eigenvalue weighted by atomic mass is 79.9. The van der Waals surface area contributed by atoms with E-state index >= 15 is 0 Å². The van der Waals surface area contributed by atoms with Gasteiger partial charge in [-0.05, 0) is 25.7 Å². The molecule has 4 aliphatic carbocycles. The summed E-state index contributed by atoms with van der Waals surface area (Å²) in [4.78, 5) is 50.4. The summed E-state index contributed by atoms with van der Waals surface area (Å²) in [5.74, 6) is -1.09. The van der Waals surface area contributed by atoms with Crippen LogP contribution >= 0.6 is 63.7 Å². The van der Waals surface area contributed by atoms with Crippen molar-refractivity contribution in [3.8, 4) is 0 Å². The second-order valence-electron chi connectivity index (χ2n) is 9.27. The SMILES string of the molecule is O=C1NC(=O)C2=C1C1CC2(CCC23CC(C4=C2C(=O)NC4=O)C(Br)C3Br)C(Br)C1Br. The highest BCUT2D eigenvalue weighted by Gasteiger charge is 2.69. The molecule has 10 heteroatoms. The standard InChI is InChI=1S/C20H16Br4N2O4/c21-11-5-3-19(13(11)23,9-7(5)15(27)25-17(9)29)1-2-20-4-6(12(22)14(20)24)8-10(20)18(30)26-16(8)28/h5-6,11-14H,1-4H2,(H,25,27,29)(H,26,28,30). The molecule has 30 heavy (non-hydrogen) atoms. The molecule has 2 heterocycles. The van der Waals surface area contributed by atoms with E-state index in [1.54, 1.807) is 0 Å². The summed E-state index contributed by atoms with van der Waals surface area (Å²) in [5, 5.41) is 4.96. The smallest absolute Gasteiger partial charge is 0.255 e. The number of carbonyl (C=O) groups is 4. The molecule has 0 aromatic carbocycles. The second kappa shape index (κ2) is 6.17. The predicted molar refractivity (Wildman–Crippen MR) is 122 cm³/mol. The minimum absolute atomic E-state index is 0.00283. The van der Waals surface area contributed by atoms with Gasteiger partial charge in [-0.1, -0.05) is 63.7 Å². The van der Waals surface area contributed by atoms with Gasteiger partial charge in [0.2, 0.25) is 0 Å². The number of fused-ring (bicyclic) bond motifs is 8. The second-order valence-corrected chi connectivity index (χ2v) is 13.4. The van der Waals surface area contributed by atoms with E-state index < -0.39 is 10.8 Å². The molecule has 0 saturated heterocycles. The van der Waals surface area contributed by atoms with E-state index in [0.717, 1.165) is 12.8 Å². The van der Waals surface area contributed by atoms with E-state index in [4.69, 9.17) is 0 Å². The zero-order chi connectivity index (χ0) is 21.3. The quantitative estimate of drug-likeness (QED) is 0.358. The summed E-state index contributed by atoms with van der Waals surface area (Å²) in [6.07, 6.45) is 2.80. The van der Waals surface area contributed by atoms with Gasteiger partial charge in [-0.3, -0.25) is 29.8 Å². The van der Waals surface area contributed by atoms with E-state index in [9.17, 15) is 19.2 Å². The van der Waals surface area contributed by atoms with Gasteiger partial charge in [0.1, 0.15) is 0 Å². The van der Waals surface area contributed by atoms with Crippen LogP contribution in [0.15, 0.2) is 22.3 Å². The molecule has 4 amide bonds. The molecule has 0 aromatic heterocycles. The first kappa shape index (κ1) is 20.3. The summed E-state index contributed by atoms with van der Waals surface area (Å²) < 4.78 is 0. The van der Waals surface area contributed by atoms with E-state index in [0.29, 0.717) is 35.1 Å². The molecular formula is C20H16Br4N2O4. The number of imide groups is 2. The van der Waals surface area contributed by atoms with Gasteiger partial charge in [0.25, 0.3) is 23.6 Å². The Labute approximate surface area is 205 Å². The molecule has 6 aliphatic rings. The van der Waals surface area contributed by atoms with Crippen LogP contribution < -0.4 is 10.6 Å². The van der Waals surface area contributed by atoms with Crippen molar-refractivity contribution in [3.05, 3.63) is 22.3 Å². The summed E-state index contributed by atoms with van der Waals surface area (Å²) in [6, 6.07) is 0. The maximum Gasteiger partial charge on any atom is 0.255 e. The van der Waals surface area contributed by atoms with Crippen LogP contribution in [0.5, 0.6) is 0 Å². The third-order valence-electron chi connectivity index (χ3n) is 8.24. The maximum atomic E-state index is 12.7. The van der Waals surface area contributed by atoms with E-state index in [-0.39, 0.29) is 54.8 Å². The fraction of sp³-hybridized carbons (Fsp3) is 0.600. The fourth-order valence-corrected chi connectivity index (χ4v) is 11.0. The van der Waals surface area contributed by atoms with Crippen molar-refractivity contribution in [1.82, 2.24) is 10.6 Å². The predicted octanol–water partition coefficient (Wildman–Crippen LogP) is 2.77. The van der Waals surface area contributed by atoms with Gasteiger partial charge in [-0.25, -0.2) is 0 Å². The number of hydrogen-bond acceptors (Lipinski definition) is 4. The lowest BCUT2D eigenvalue weighted by atomic mass is 9.68. The minimum atomic E-state index is -0.464. The number of amides is 4. The minimum Gasteiger partial charge on any atom is -0.289 e. The van der Waals surface area contributed by atoms with Crippen molar-refractivity contribution in [2.24, 2.45) is 22.7 Å². The average Bonchev–Trinajstić information content (AvgIpc) is 3.46. The van der Waals surface area contributed by atoms with Gasteiger partial charge in [-0.15, -0.1) is 0 Å². The van der Waals surface area contributed by atoms with E-state index in [2.05, 4.69) is 74.4 Å². The molecule has 2 N–H and O–H groups in total. The summed E-state index contributed by atoms with van der Waals surface area (Å²) in [5.41, 5.74) is 1.59. The topological polar surface area (TPSA) is 92.3 Å². The Morgan fingerprint density at radius 2 is 1.03 bits per heavy atom. The molecule has 0 spiro atoms. The van der Waals surface area contributed by atoms with Gasteiger partial charge in [0, 0.05) is 64.3 Å². The van der Waals surface area contributed by atoms with E-state index in [1.165, 1.54) is 0 Å². The van der Waals surface area contributed by atoms with Gasteiger partial charge in [-0.2, -0.15) is 0 Å². The fourth-order valence-electron chi connectivity index (χ4n) is 7.06. The maximum absolute atomic E-state index is 12.7. The van der Waals surface area contributed by atoms with Gasteiger partial charge < -0.3 is 0 Å². The van der Waals surface area contributed by atoms with Gasteiger partial charge >= 0.3 is 0 Å². The van der Waals surface area contributed by atoms with Crippen molar-refractivity contribution in [2.75, 3.05) is 0 Å². The Hall–Kier alpha value is -0.320. The Kier molecular flexibility index (Phi) is 4.17. The number of rotatable bonds is 3. The summed E-state index contributed by atoms with van der Waals surface area (Å²) >= 11 is 15.2. The molecule has 6 nitrogen and oxygen atoms in total. The van der Waals surface area contributed by atoms with Crippen molar-refractivity contribution < 1.29 is 19.2 Å². The van der Waals surface area contributed by atoms with Crippen LogP contribution in [0.25, 0.3) is 0 Å². The van der Waals surface area contributed by atoms with Crippen LogP contribution in [0, 0.1) is 22.7 Å². The van der Waals surface area contributed by atoms with Crippen molar-refractivity contribution in [1.29, 1.82) is 0 Å². The molecule has 0 radical (unpaired) electrons. The molecule has 8 unspecified atom stereocenters. The molecule has 0 aromatic rings. The summed E-state index contributed by atoms with van der Waals surface area (Å²) in [7, 11) is 0. The highest BCUT2D eigenvalue weighted by Crippen LogP contribution is 2.69. The van der Waals surface area contributed by atoms with Gasteiger partial charge in [0.15, 0.2) is 0 Å². The lowest BCUT2D eigenvalue weighted by Crippen LogP contribution is -2.41. The Balaban J connectivity index is 1.41. The van der Waals surface area contributed by atoms with Crippen molar-refractivity contribution in [2.45, 2.75) is 45.0 Å². The monoisotopic (exact) mass is 664 g/mol. The molecule has 2 fully saturated rings. The van der Waals surface area contributed by atoms with Crippen LogP contribution in [0.2, 0.25) is 0 Å². The first-order valence-corrected chi connectivity index (χ1v) is 13.6. The Morgan fingerprint density at radius 3 is 1.40 bits per heavy atom. The summed E-state index contributed by atoms with van der Waals surface area (Å²) in [6.45, 7) is 0. The van der Waals surface area contributed by atoms with Crippen molar-refractivity contribution in [3.63, 3.8) is 0 Å². The van der Waals surface area contributed by atoms with Gasteiger partial charge in [0.05, 0.1) is 0 Å². The third-order valence-corrected chi connectivity index (χ3v) is 14.9. The Morgan fingerprint density at radius 1 is 0.667 bits per heavy atom. The molecule has 4 bridgehead atoms. The Bertz CT molecular complexity index is 971. The first-order valence-electron chi connectivity index (χ1n) is 9.91. The number of carbonyl (C=O) groups excluding carboxylic acids is 4. The van der Waals surface area contributed by atoms with Crippen LogP contribution in [0.1, 0.15) is 25.7 Å². The van der Waals surface area contributed by atoms with Crippen molar-refractivity contribution >= 4 is 87.3 Å². The molecule has 6 rings (SSSR count). The zero-order valence-electron chi connectivity index (χ0n) is 15.4. The molecule has 158 valence electrons. The lowest BCUT2D eigenvalue weighted by Gasteiger charge is -2.40. The normalized spacial score (nSPS) is 48.1. The zero-order valence-corrected chi connectivity index (χ0v) is 21.8. The highest BCUT2D eigenvalue weighted by molar-refractivity contribution is 9.12. The number of hydrogen-bond donors (Lipinski definition) is 2. The molecule has 2 saturated carbocycles. The number of nitrogens with one attached hydrogen (secondary N) is 2. The third kappa shape index (κ3) is 2.11. The van der Waals surface area contributed by atoms with Crippen LogP contribution in [-0.2, 0) is 19.2 Å². The lowest BCUT2D eigenvalue weighted by molar-refractivity contribution is -0.126. The van der Waals surface area contributed by atoms with E-state index in [1.807, 2.05) is 0 Å². The number of alkyl halides is 4. The number of halogens is 4. The average molecular weight is 668 g/mol.